The molecule has 1 aliphatic rings. The molecular formula is C36H38FN3O4S. The number of halogens is 1. The fraction of sp³-hybridized carbons (Fsp3) is 0.278. The molecule has 5 rings (SSSR count). The third kappa shape index (κ3) is 8.36. The maximum Gasteiger partial charge on any atom is 0.264 e. The standard InChI is InChI=1S/C36H38FN3O4S/c37-30-23-21-29(22-24-30)26-39(34(25-28-13-5-1-6-14-28)36(42)38-31-15-7-2-8-16-31)35(41)27-40(32-17-9-3-10-18-32)45(43,44)33-19-11-4-12-20-33/h1,3-6,9-14,17-24,31,34H,2,7-8,15-16,25-27H2,(H,38,42). The number of anilines is 1. The van der Waals surface area contributed by atoms with Crippen molar-refractivity contribution in [1.29, 1.82) is 0 Å². The van der Waals surface area contributed by atoms with Crippen LogP contribution in [0.5, 0.6) is 0 Å². The maximum atomic E-state index is 14.5. The van der Waals surface area contributed by atoms with Crippen LogP contribution in [0.4, 0.5) is 10.1 Å². The predicted molar refractivity (Wildman–Crippen MR) is 173 cm³/mol. The average Bonchev–Trinajstić information content (AvgIpc) is 3.07. The topological polar surface area (TPSA) is 86.8 Å². The van der Waals surface area contributed by atoms with E-state index < -0.39 is 34.3 Å². The Balaban J connectivity index is 1.54. The fourth-order valence-electron chi connectivity index (χ4n) is 5.73. The second kappa shape index (κ2) is 15.0. The zero-order chi connectivity index (χ0) is 31.6. The molecule has 4 aromatic carbocycles. The minimum Gasteiger partial charge on any atom is -0.352 e. The molecule has 45 heavy (non-hydrogen) atoms. The predicted octanol–water partition coefficient (Wildman–Crippen LogP) is 6.11. The zero-order valence-corrected chi connectivity index (χ0v) is 25.9. The molecule has 1 N–H and O–H groups in total. The van der Waals surface area contributed by atoms with Crippen molar-refractivity contribution in [1.82, 2.24) is 10.2 Å². The summed E-state index contributed by atoms with van der Waals surface area (Å²) in [5.41, 5.74) is 1.79. The molecule has 0 radical (unpaired) electrons. The second-order valence-corrected chi connectivity index (χ2v) is 13.2. The number of nitrogens with one attached hydrogen (secondary N) is 1. The number of nitrogens with zero attached hydrogens (tertiary/aromatic N) is 2. The van der Waals surface area contributed by atoms with Gasteiger partial charge in [-0.25, -0.2) is 12.8 Å². The largest absolute Gasteiger partial charge is 0.352 e. The lowest BCUT2D eigenvalue weighted by molar-refractivity contribution is -0.140. The van der Waals surface area contributed by atoms with Crippen molar-refractivity contribution in [3.8, 4) is 0 Å². The highest BCUT2D eigenvalue weighted by Crippen LogP contribution is 2.25. The lowest BCUT2D eigenvalue weighted by Crippen LogP contribution is -2.55. The number of rotatable bonds is 12. The monoisotopic (exact) mass is 627 g/mol. The van der Waals surface area contributed by atoms with Crippen LogP contribution < -0.4 is 9.62 Å². The molecule has 1 fully saturated rings. The van der Waals surface area contributed by atoms with Crippen LogP contribution in [0.15, 0.2) is 120 Å². The summed E-state index contributed by atoms with van der Waals surface area (Å²) >= 11 is 0. The van der Waals surface area contributed by atoms with E-state index in [4.69, 9.17) is 0 Å². The first-order valence-electron chi connectivity index (χ1n) is 15.3. The van der Waals surface area contributed by atoms with E-state index in [0.717, 1.165) is 42.0 Å². The quantitative estimate of drug-likeness (QED) is 0.205. The summed E-state index contributed by atoms with van der Waals surface area (Å²) in [4.78, 5) is 30.0. The van der Waals surface area contributed by atoms with Gasteiger partial charge in [0, 0.05) is 19.0 Å². The van der Waals surface area contributed by atoms with Gasteiger partial charge in [0.25, 0.3) is 10.0 Å². The van der Waals surface area contributed by atoms with E-state index in [9.17, 15) is 22.4 Å². The second-order valence-electron chi connectivity index (χ2n) is 11.4. The molecule has 1 unspecified atom stereocenters. The number of carbonyl (C=O) groups is 2. The molecule has 0 aliphatic heterocycles. The van der Waals surface area contributed by atoms with E-state index in [1.807, 2.05) is 30.3 Å². The SMILES string of the molecule is O=C(NC1CCCCC1)C(Cc1ccccc1)N(Cc1ccc(F)cc1)C(=O)CN(c1ccccc1)S(=O)(=O)c1ccccc1. The number of hydrogen-bond donors (Lipinski definition) is 1. The lowest BCUT2D eigenvalue weighted by atomic mass is 9.94. The Morgan fingerprint density at radius 3 is 1.96 bits per heavy atom. The van der Waals surface area contributed by atoms with Crippen LogP contribution in [0.1, 0.15) is 43.2 Å². The highest BCUT2D eigenvalue weighted by atomic mass is 32.2. The van der Waals surface area contributed by atoms with E-state index in [2.05, 4.69) is 5.32 Å². The summed E-state index contributed by atoms with van der Waals surface area (Å²) in [6.45, 7) is -0.548. The molecule has 4 aromatic rings. The van der Waals surface area contributed by atoms with Crippen molar-refractivity contribution in [2.24, 2.45) is 0 Å². The number of carbonyl (C=O) groups excluding carboxylic acids is 2. The Bertz CT molecular complexity index is 1650. The molecule has 1 saturated carbocycles. The number of amides is 2. The van der Waals surface area contributed by atoms with E-state index >= 15 is 0 Å². The zero-order valence-electron chi connectivity index (χ0n) is 25.1. The first-order chi connectivity index (χ1) is 21.8. The minimum atomic E-state index is -4.15. The Morgan fingerprint density at radius 2 is 1.33 bits per heavy atom. The molecule has 7 nitrogen and oxygen atoms in total. The first kappa shape index (κ1) is 31.9. The van der Waals surface area contributed by atoms with E-state index in [0.29, 0.717) is 11.3 Å². The summed E-state index contributed by atoms with van der Waals surface area (Å²) in [6, 6.07) is 30.7. The third-order valence-corrected chi connectivity index (χ3v) is 9.93. The number of para-hydroxylation sites is 1. The highest BCUT2D eigenvalue weighted by molar-refractivity contribution is 7.92. The van der Waals surface area contributed by atoms with Crippen molar-refractivity contribution < 1.29 is 22.4 Å². The van der Waals surface area contributed by atoms with Gasteiger partial charge in [-0.3, -0.25) is 13.9 Å². The van der Waals surface area contributed by atoms with Gasteiger partial charge in [0.15, 0.2) is 0 Å². The van der Waals surface area contributed by atoms with Gasteiger partial charge >= 0.3 is 0 Å². The molecule has 0 saturated heterocycles. The molecule has 2 amide bonds. The average molecular weight is 628 g/mol. The van der Waals surface area contributed by atoms with Crippen molar-refractivity contribution >= 4 is 27.5 Å². The van der Waals surface area contributed by atoms with Gasteiger partial charge in [0.1, 0.15) is 18.4 Å². The Morgan fingerprint density at radius 1 is 0.756 bits per heavy atom. The van der Waals surface area contributed by atoms with Crippen LogP contribution in [-0.4, -0.2) is 43.8 Å². The van der Waals surface area contributed by atoms with Crippen molar-refractivity contribution in [3.63, 3.8) is 0 Å². The van der Waals surface area contributed by atoms with Gasteiger partial charge < -0.3 is 10.2 Å². The molecule has 1 aliphatic carbocycles. The molecular weight excluding hydrogens is 589 g/mol. The number of benzene rings is 4. The lowest BCUT2D eigenvalue weighted by Gasteiger charge is -2.35. The summed E-state index contributed by atoms with van der Waals surface area (Å²) in [6.07, 6.45) is 5.13. The summed E-state index contributed by atoms with van der Waals surface area (Å²) in [7, 11) is -4.15. The van der Waals surface area contributed by atoms with Crippen molar-refractivity contribution in [2.45, 2.75) is 62.0 Å². The summed E-state index contributed by atoms with van der Waals surface area (Å²) in [5, 5.41) is 3.19. The Hall–Kier alpha value is -4.50. The van der Waals surface area contributed by atoms with Crippen LogP contribution in [0.3, 0.4) is 0 Å². The van der Waals surface area contributed by atoms with E-state index in [1.54, 1.807) is 60.7 Å². The van der Waals surface area contributed by atoms with Gasteiger partial charge in [-0.15, -0.1) is 0 Å². The fourth-order valence-corrected chi connectivity index (χ4v) is 7.16. The van der Waals surface area contributed by atoms with Crippen LogP contribution in [-0.2, 0) is 32.6 Å². The van der Waals surface area contributed by atoms with E-state index in [-0.39, 0.29) is 29.8 Å². The van der Waals surface area contributed by atoms with E-state index in [1.165, 1.54) is 29.2 Å². The van der Waals surface area contributed by atoms with Gasteiger partial charge in [-0.1, -0.05) is 98.1 Å². The molecule has 0 heterocycles. The van der Waals surface area contributed by atoms with Crippen molar-refractivity contribution in [3.05, 3.63) is 132 Å². The molecule has 0 aromatic heterocycles. The third-order valence-electron chi connectivity index (χ3n) is 8.14. The number of sulfonamides is 1. The maximum absolute atomic E-state index is 14.5. The van der Waals surface area contributed by atoms with Crippen LogP contribution in [0.2, 0.25) is 0 Å². The van der Waals surface area contributed by atoms with Crippen molar-refractivity contribution in [2.75, 3.05) is 10.8 Å². The van der Waals surface area contributed by atoms with Crippen LogP contribution >= 0.6 is 0 Å². The van der Waals surface area contributed by atoms with Gasteiger partial charge in [0.2, 0.25) is 11.8 Å². The van der Waals surface area contributed by atoms with Gasteiger partial charge in [-0.05, 0) is 60.4 Å². The Kier molecular flexibility index (Phi) is 10.6. The van der Waals surface area contributed by atoms with Crippen LogP contribution in [0, 0.1) is 5.82 Å². The normalized spacial score (nSPS) is 14.3. The smallest absolute Gasteiger partial charge is 0.264 e. The minimum absolute atomic E-state index is 0.00609. The first-order valence-corrected chi connectivity index (χ1v) is 16.8. The summed E-state index contributed by atoms with van der Waals surface area (Å²) < 4.78 is 42.9. The molecule has 234 valence electrons. The van der Waals surface area contributed by atoms with Crippen LogP contribution in [0.25, 0.3) is 0 Å². The molecule has 9 heteroatoms. The van der Waals surface area contributed by atoms with Gasteiger partial charge in [-0.2, -0.15) is 0 Å². The van der Waals surface area contributed by atoms with Gasteiger partial charge in [0.05, 0.1) is 10.6 Å². The molecule has 0 spiro atoms. The summed E-state index contributed by atoms with van der Waals surface area (Å²) in [5.74, 6) is -1.27. The highest BCUT2D eigenvalue weighted by Gasteiger charge is 2.35. The molecule has 0 bridgehead atoms. The Labute approximate surface area is 264 Å². The molecule has 1 atom stereocenters. The number of hydrogen-bond acceptors (Lipinski definition) is 4.